The molecule has 23 nitrogen and oxygen atoms in total. The summed E-state index contributed by atoms with van der Waals surface area (Å²) in [5.74, 6) is -6.00. The molecule has 23 heteroatoms. The minimum absolute atomic E-state index is 0.0166. The predicted octanol–water partition coefficient (Wildman–Crippen LogP) is -3.47. The number of aliphatic imine (C=N–C) groups is 1. The topological polar surface area (TPSA) is 370 Å². The second-order valence-corrected chi connectivity index (χ2v) is 16.5. The van der Waals surface area contributed by atoms with E-state index in [0.717, 1.165) is 10.9 Å². The molecular formula is C42H62N14O9. The SMILES string of the molecule is C[C@@H](O)[C@@H]1NC(=O)[C@H](Cc2c[nH]c3ccccc23)NC(=O)[C@@H]2CCCN2C(=O)[C@H](CCCN=C(N)N)NC(=O)[C@H](Cc2cnc[nH]2)NC(=O)[C@H](CCCCN)NC(=O)[C@H]([C@@H](C)O)NC1=O. The van der Waals surface area contributed by atoms with E-state index in [0.29, 0.717) is 30.5 Å². The van der Waals surface area contributed by atoms with Crippen LogP contribution in [-0.4, -0.2) is 152 Å². The first-order valence-electron chi connectivity index (χ1n) is 21.8. The summed E-state index contributed by atoms with van der Waals surface area (Å²) in [5.41, 5.74) is 18.6. The van der Waals surface area contributed by atoms with Crippen LogP contribution in [0.5, 0.6) is 0 Å². The van der Waals surface area contributed by atoms with Gasteiger partial charge in [-0.05, 0) is 77.0 Å². The number of aromatic amines is 2. The number of para-hydroxylation sites is 1. The lowest BCUT2D eigenvalue weighted by atomic mass is 10.0. The number of nitrogens with two attached hydrogens (primary N) is 3. The van der Waals surface area contributed by atoms with Crippen molar-refractivity contribution in [2.24, 2.45) is 22.2 Å². The van der Waals surface area contributed by atoms with Gasteiger partial charge in [0.2, 0.25) is 41.4 Å². The molecule has 2 aromatic heterocycles. The van der Waals surface area contributed by atoms with Crippen LogP contribution in [0.3, 0.4) is 0 Å². The van der Waals surface area contributed by atoms with Crippen LogP contribution in [0.15, 0.2) is 48.0 Å². The molecule has 5 rings (SSSR count). The van der Waals surface area contributed by atoms with Gasteiger partial charge in [0.05, 0.1) is 18.5 Å². The molecule has 0 aliphatic carbocycles. The second kappa shape index (κ2) is 23.4. The van der Waals surface area contributed by atoms with Gasteiger partial charge in [0.1, 0.15) is 42.3 Å². The molecule has 1 aromatic carbocycles. The fraction of sp³-hybridized carbons (Fsp3) is 0.548. The van der Waals surface area contributed by atoms with E-state index >= 15 is 0 Å². The molecule has 4 heterocycles. The maximum absolute atomic E-state index is 14.6. The summed E-state index contributed by atoms with van der Waals surface area (Å²) >= 11 is 0. The molecule has 2 aliphatic heterocycles. The van der Waals surface area contributed by atoms with Crippen LogP contribution >= 0.6 is 0 Å². The fourth-order valence-electron chi connectivity index (χ4n) is 7.96. The number of aliphatic hydroxyl groups is 2. The molecule has 0 unspecified atom stereocenters. The van der Waals surface area contributed by atoms with Crippen molar-refractivity contribution in [3.05, 3.63) is 54.2 Å². The number of carbonyl (C=O) groups excluding carboxylic acids is 7. The number of carbonyl (C=O) groups is 7. The Bertz CT molecular complexity index is 2160. The van der Waals surface area contributed by atoms with E-state index in [2.05, 4.69) is 51.8 Å². The van der Waals surface area contributed by atoms with E-state index in [-0.39, 0.29) is 64.1 Å². The Balaban J connectivity index is 1.57. The molecule has 0 bridgehead atoms. The predicted molar refractivity (Wildman–Crippen MR) is 237 cm³/mol. The molecule has 2 aliphatic rings. The molecular weight excluding hydrogens is 845 g/mol. The highest BCUT2D eigenvalue weighted by Gasteiger charge is 2.41. The van der Waals surface area contributed by atoms with Crippen LogP contribution in [0.2, 0.25) is 0 Å². The van der Waals surface area contributed by atoms with Crippen molar-refractivity contribution < 1.29 is 43.8 Å². The van der Waals surface area contributed by atoms with E-state index in [9.17, 15) is 43.8 Å². The molecule has 0 radical (unpaired) electrons. The van der Waals surface area contributed by atoms with Crippen LogP contribution in [0.4, 0.5) is 0 Å². The summed E-state index contributed by atoms with van der Waals surface area (Å²) in [5, 5.41) is 38.1. The number of fused-ring (bicyclic) bond motifs is 2. The van der Waals surface area contributed by atoms with E-state index in [1.54, 1.807) is 12.3 Å². The van der Waals surface area contributed by atoms with Gasteiger partial charge >= 0.3 is 0 Å². The van der Waals surface area contributed by atoms with E-state index in [1.807, 2.05) is 18.2 Å². The summed E-state index contributed by atoms with van der Waals surface area (Å²) < 4.78 is 0. The van der Waals surface area contributed by atoms with Crippen LogP contribution in [0, 0.1) is 0 Å². The molecule has 354 valence electrons. The average molecular weight is 907 g/mol. The van der Waals surface area contributed by atoms with Gasteiger partial charge in [0.15, 0.2) is 5.96 Å². The van der Waals surface area contributed by atoms with Gasteiger partial charge in [0, 0.05) is 54.9 Å². The number of hydrogen-bond acceptors (Lipinski definition) is 12. The zero-order valence-corrected chi connectivity index (χ0v) is 36.5. The van der Waals surface area contributed by atoms with Gasteiger partial charge in [-0.25, -0.2) is 4.98 Å². The van der Waals surface area contributed by atoms with E-state index in [4.69, 9.17) is 17.2 Å². The Morgan fingerprint density at radius 2 is 1.35 bits per heavy atom. The quantitative estimate of drug-likeness (QED) is 0.0426. The number of guanidine groups is 1. The van der Waals surface area contributed by atoms with Crippen molar-refractivity contribution in [2.45, 2.75) is 126 Å². The largest absolute Gasteiger partial charge is 0.391 e. The summed E-state index contributed by atoms with van der Waals surface area (Å²) in [4.78, 5) is 115. The molecule has 16 N–H and O–H groups in total. The second-order valence-electron chi connectivity index (χ2n) is 16.5. The first-order chi connectivity index (χ1) is 31.1. The lowest BCUT2D eigenvalue weighted by molar-refractivity contribution is -0.142. The van der Waals surface area contributed by atoms with Gasteiger partial charge in [-0.3, -0.25) is 38.6 Å². The number of nitrogens with zero attached hydrogens (tertiary/aromatic N) is 3. The third kappa shape index (κ3) is 13.5. The fourth-order valence-corrected chi connectivity index (χ4v) is 7.96. The van der Waals surface area contributed by atoms with Gasteiger partial charge in [-0.15, -0.1) is 0 Å². The third-order valence-electron chi connectivity index (χ3n) is 11.4. The Morgan fingerprint density at radius 1 is 0.754 bits per heavy atom. The number of H-pyrrole nitrogens is 2. The summed E-state index contributed by atoms with van der Waals surface area (Å²) in [6, 6.07) is -2.51. The van der Waals surface area contributed by atoms with Crippen molar-refractivity contribution in [1.29, 1.82) is 0 Å². The average Bonchev–Trinajstić information content (AvgIpc) is 4.06. The minimum atomic E-state index is -1.71. The van der Waals surface area contributed by atoms with Crippen molar-refractivity contribution in [1.82, 2.24) is 51.8 Å². The minimum Gasteiger partial charge on any atom is -0.391 e. The van der Waals surface area contributed by atoms with Crippen LogP contribution in [0.1, 0.15) is 70.1 Å². The Kier molecular flexibility index (Phi) is 17.8. The maximum Gasteiger partial charge on any atom is 0.245 e. The molecule has 2 saturated heterocycles. The number of aromatic nitrogens is 3. The number of aliphatic hydroxyl groups excluding tert-OH is 2. The van der Waals surface area contributed by atoms with Gasteiger partial charge < -0.3 is 74.2 Å². The van der Waals surface area contributed by atoms with Crippen LogP contribution < -0.4 is 49.1 Å². The molecule has 9 atom stereocenters. The highest BCUT2D eigenvalue weighted by Crippen LogP contribution is 2.23. The maximum atomic E-state index is 14.6. The van der Waals surface area contributed by atoms with Gasteiger partial charge in [-0.2, -0.15) is 0 Å². The number of imidazole rings is 1. The van der Waals surface area contributed by atoms with Crippen molar-refractivity contribution >= 4 is 58.2 Å². The van der Waals surface area contributed by atoms with Gasteiger partial charge in [0.25, 0.3) is 0 Å². The molecule has 2 fully saturated rings. The van der Waals surface area contributed by atoms with Gasteiger partial charge in [-0.1, -0.05) is 18.2 Å². The number of benzene rings is 1. The summed E-state index contributed by atoms with van der Waals surface area (Å²) in [7, 11) is 0. The molecule has 3 aromatic rings. The lowest BCUT2D eigenvalue weighted by Crippen LogP contribution is -2.63. The monoisotopic (exact) mass is 906 g/mol. The van der Waals surface area contributed by atoms with Crippen LogP contribution in [0.25, 0.3) is 10.9 Å². The number of amides is 7. The summed E-state index contributed by atoms with van der Waals surface area (Å²) in [6.07, 6.45) is 2.88. The number of nitrogens with one attached hydrogen (secondary N) is 8. The third-order valence-corrected chi connectivity index (χ3v) is 11.4. The Hall–Kier alpha value is -6.59. The lowest BCUT2D eigenvalue weighted by Gasteiger charge is -2.31. The number of unbranched alkanes of at least 4 members (excludes halogenated alkanes) is 1. The molecule has 65 heavy (non-hydrogen) atoms. The van der Waals surface area contributed by atoms with Crippen molar-refractivity contribution in [2.75, 3.05) is 19.6 Å². The number of hydrogen-bond donors (Lipinski definition) is 13. The van der Waals surface area contributed by atoms with Crippen molar-refractivity contribution in [3.63, 3.8) is 0 Å². The Morgan fingerprint density at radius 3 is 2.03 bits per heavy atom. The first kappa shape index (κ1) is 49.4. The van der Waals surface area contributed by atoms with Crippen molar-refractivity contribution in [3.8, 4) is 0 Å². The zero-order valence-electron chi connectivity index (χ0n) is 36.5. The smallest absolute Gasteiger partial charge is 0.245 e. The number of rotatable bonds is 14. The summed E-state index contributed by atoms with van der Waals surface area (Å²) in [6.45, 7) is 2.97. The van der Waals surface area contributed by atoms with E-state index < -0.39 is 95.9 Å². The van der Waals surface area contributed by atoms with E-state index in [1.165, 1.54) is 31.3 Å². The zero-order chi connectivity index (χ0) is 47.2. The highest BCUT2D eigenvalue weighted by molar-refractivity contribution is 5.99. The Labute approximate surface area is 375 Å². The van der Waals surface area contributed by atoms with Crippen LogP contribution in [-0.2, 0) is 46.4 Å². The molecule has 0 spiro atoms. The molecule has 0 saturated carbocycles. The molecule has 7 amide bonds. The normalized spacial score (nSPS) is 25.2. The highest BCUT2D eigenvalue weighted by atomic mass is 16.3. The first-order valence-corrected chi connectivity index (χ1v) is 21.8. The standard InChI is InChI=1S/C42H62N14O9/c1-22(57)33-39(63)50-28(11-5-6-14-43)35(59)52-31(18-25-20-46-21-49-25)36(60)51-29(12-7-15-47-42(44)45)41(65)56-16-8-13-32(56)38(62)53-30(37(61)54-34(23(2)58)40(64)55-33)17-24-19-48-27-10-4-3-9-26(24)27/h3-4,9-10,19-23,28-34,48,57-58H,5-8,11-18,43H2,1-2H3,(H,46,49)(H,50,63)(H,51,60)(H,52,59)(H,53,62)(H,54,61)(H,55,64)(H4,44,45,47)/t22-,23-,28+,29+,30+,31+,32+,33+,34+/m1/s1.